The number of aromatic nitrogens is 2. The molecule has 180 valence electrons. The molecule has 2 atom stereocenters. The maximum absolute atomic E-state index is 13.2. The Balaban J connectivity index is 1.53. The third-order valence-electron chi connectivity index (χ3n) is 6.48. The summed E-state index contributed by atoms with van der Waals surface area (Å²) < 4.78 is 1.92. The smallest absolute Gasteiger partial charge is 0.317 e. The van der Waals surface area contributed by atoms with Crippen LogP contribution in [0.2, 0.25) is 0 Å². The molecule has 3 aromatic rings. The maximum Gasteiger partial charge on any atom is 0.317 e. The highest BCUT2D eigenvalue weighted by atomic mass is 32.2. The van der Waals surface area contributed by atoms with E-state index >= 15 is 0 Å². The number of nitrogens with zero attached hydrogens (tertiary/aromatic N) is 3. The zero-order valence-corrected chi connectivity index (χ0v) is 21.7. The van der Waals surface area contributed by atoms with Crippen LogP contribution in [0.5, 0.6) is 0 Å². The lowest BCUT2D eigenvalue weighted by Gasteiger charge is -2.23. The monoisotopic (exact) mass is 476 g/mol. The van der Waals surface area contributed by atoms with Crippen molar-refractivity contribution < 1.29 is 4.79 Å². The van der Waals surface area contributed by atoms with Crippen LogP contribution >= 0.6 is 11.8 Å². The van der Waals surface area contributed by atoms with E-state index in [2.05, 4.69) is 87.7 Å². The van der Waals surface area contributed by atoms with Crippen LogP contribution in [0.4, 0.5) is 4.79 Å². The molecule has 1 aliphatic heterocycles. The fourth-order valence-electron chi connectivity index (χ4n) is 4.84. The molecule has 2 unspecified atom stereocenters. The number of aryl methyl sites for hydroxylation is 1. The normalized spacial score (nSPS) is 18.3. The van der Waals surface area contributed by atoms with E-state index in [4.69, 9.17) is 5.10 Å². The van der Waals surface area contributed by atoms with Crippen molar-refractivity contribution in [2.75, 3.05) is 18.8 Å². The summed E-state index contributed by atoms with van der Waals surface area (Å²) in [6, 6.07) is 19.0. The molecule has 34 heavy (non-hydrogen) atoms. The second-order valence-electron chi connectivity index (χ2n) is 10.1. The molecular formula is C28H36N4OS. The first-order chi connectivity index (χ1) is 16.3. The Morgan fingerprint density at radius 3 is 2.38 bits per heavy atom. The van der Waals surface area contributed by atoms with Gasteiger partial charge in [0, 0.05) is 55.0 Å². The molecule has 0 saturated carbocycles. The van der Waals surface area contributed by atoms with Crippen LogP contribution in [-0.4, -0.2) is 39.6 Å². The molecule has 6 heteroatoms. The quantitative estimate of drug-likeness (QED) is 0.449. The minimum atomic E-state index is -0.0598. The summed E-state index contributed by atoms with van der Waals surface area (Å²) in [7, 11) is 1.99. The van der Waals surface area contributed by atoms with Gasteiger partial charge in [-0.15, -0.1) is 11.8 Å². The number of hydrogen-bond donors (Lipinski definition) is 1. The van der Waals surface area contributed by atoms with E-state index in [9.17, 15) is 4.79 Å². The SMILES string of the molecule is CCSc1ccc(CNC(=O)N2CC(c3ccccc3)C(c3cn(C)nc3C(C)(C)C)C2)cc1. The van der Waals surface area contributed by atoms with Gasteiger partial charge < -0.3 is 10.2 Å². The van der Waals surface area contributed by atoms with Crippen LogP contribution in [0.3, 0.4) is 0 Å². The number of nitrogens with one attached hydrogen (secondary N) is 1. The summed E-state index contributed by atoms with van der Waals surface area (Å²) in [6.07, 6.45) is 2.15. The second-order valence-corrected chi connectivity index (χ2v) is 11.5. The first-order valence-electron chi connectivity index (χ1n) is 12.1. The Bertz CT molecular complexity index is 1100. The first kappa shape index (κ1) is 24.4. The Hall–Kier alpha value is -2.73. The van der Waals surface area contributed by atoms with Crippen molar-refractivity contribution in [1.29, 1.82) is 0 Å². The van der Waals surface area contributed by atoms with Gasteiger partial charge in [-0.1, -0.05) is 70.2 Å². The fraction of sp³-hybridized carbons (Fsp3) is 0.429. The topological polar surface area (TPSA) is 50.2 Å². The Morgan fingerprint density at radius 2 is 1.74 bits per heavy atom. The zero-order chi connectivity index (χ0) is 24.3. The number of hydrogen-bond acceptors (Lipinski definition) is 3. The number of likely N-dealkylation sites (tertiary alicyclic amines) is 1. The summed E-state index contributed by atoms with van der Waals surface area (Å²) in [5.74, 6) is 1.51. The molecule has 2 amide bonds. The van der Waals surface area contributed by atoms with E-state index in [0.29, 0.717) is 19.6 Å². The van der Waals surface area contributed by atoms with E-state index in [1.54, 1.807) is 0 Å². The van der Waals surface area contributed by atoms with Crippen molar-refractivity contribution in [3.8, 4) is 0 Å². The summed E-state index contributed by atoms with van der Waals surface area (Å²) >= 11 is 1.83. The molecule has 1 aromatic heterocycles. The third kappa shape index (κ3) is 5.49. The first-order valence-corrected chi connectivity index (χ1v) is 13.1. The second kappa shape index (κ2) is 10.3. The van der Waals surface area contributed by atoms with Gasteiger partial charge in [0.05, 0.1) is 5.69 Å². The number of carbonyl (C=O) groups is 1. The molecule has 1 fully saturated rings. The minimum Gasteiger partial charge on any atom is -0.334 e. The predicted octanol–water partition coefficient (Wildman–Crippen LogP) is 5.92. The average Bonchev–Trinajstić information content (AvgIpc) is 3.43. The van der Waals surface area contributed by atoms with Gasteiger partial charge in [-0.3, -0.25) is 4.68 Å². The molecule has 0 radical (unpaired) electrons. The van der Waals surface area contributed by atoms with E-state index in [-0.39, 0.29) is 23.3 Å². The molecule has 4 rings (SSSR count). The van der Waals surface area contributed by atoms with Crippen LogP contribution in [0, 0.1) is 0 Å². The van der Waals surface area contributed by atoms with Gasteiger partial charge in [0.2, 0.25) is 0 Å². The number of carbonyl (C=O) groups excluding carboxylic acids is 1. The predicted molar refractivity (Wildman–Crippen MR) is 140 cm³/mol. The van der Waals surface area contributed by atoms with E-state index in [1.165, 1.54) is 16.0 Å². The van der Waals surface area contributed by atoms with Crippen LogP contribution in [-0.2, 0) is 19.0 Å². The highest BCUT2D eigenvalue weighted by molar-refractivity contribution is 7.99. The fourth-order valence-corrected chi connectivity index (χ4v) is 5.51. The standard InChI is InChI=1S/C28H36N4OS/c1-6-34-22-14-12-20(13-15-22)16-29-27(33)32-18-23(21-10-8-7-9-11-21)24(19-32)25-17-31(5)30-26(25)28(2,3)4/h7-15,17,23-24H,6,16,18-19H2,1-5H3,(H,29,33). The minimum absolute atomic E-state index is 0.00311. The number of benzene rings is 2. The lowest BCUT2D eigenvalue weighted by molar-refractivity contribution is 0.207. The lowest BCUT2D eigenvalue weighted by Crippen LogP contribution is -2.38. The Kier molecular flexibility index (Phi) is 7.36. The summed E-state index contributed by atoms with van der Waals surface area (Å²) in [4.78, 5) is 16.5. The summed E-state index contributed by atoms with van der Waals surface area (Å²) in [5.41, 5.74) is 4.70. The molecule has 0 aliphatic carbocycles. The highest BCUT2D eigenvalue weighted by Crippen LogP contribution is 2.42. The van der Waals surface area contributed by atoms with Crippen molar-refractivity contribution in [1.82, 2.24) is 20.0 Å². The van der Waals surface area contributed by atoms with Gasteiger partial charge in [-0.25, -0.2) is 4.79 Å². The molecule has 2 aromatic carbocycles. The molecular weight excluding hydrogens is 440 g/mol. The molecule has 2 heterocycles. The van der Waals surface area contributed by atoms with Crippen LogP contribution in [0.1, 0.15) is 61.9 Å². The number of rotatable bonds is 6. The van der Waals surface area contributed by atoms with Crippen molar-refractivity contribution in [3.05, 3.63) is 83.2 Å². The van der Waals surface area contributed by atoms with Gasteiger partial charge in [-0.2, -0.15) is 5.10 Å². The molecule has 0 bridgehead atoms. The van der Waals surface area contributed by atoms with Gasteiger partial charge in [-0.05, 0) is 34.6 Å². The Morgan fingerprint density at radius 1 is 1.06 bits per heavy atom. The number of amides is 2. The van der Waals surface area contributed by atoms with Gasteiger partial charge in [0.25, 0.3) is 0 Å². The zero-order valence-electron chi connectivity index (χ0n) is 20.9. The van der Waals surface area contributed by atoms with E-state index in [1.807, 2.05) is 34.5 Å². The van der Waals surface area contributed by atoms with Crippen molar-refractivity contribution in [2.45, 2.75) is 56.4 Å². The van der Waals surface area contributed by atoms with Gasteiger partial charge in [0.15, 0.2) is 0 Å². The molecule has 1 aliphatic rings. The highest BCUT2D eigenvalue weighted by Gasteiger charge is 2.40. The maximum atomic E-state index is 13.2. The van der Waals surface area contributed by atoms with Crippen molar-refractivity contribution >= 4 is 17.8 Å². The molecule has 0 spiro atoms. The molecule has 5 nitrogen and oxygen atoms in total. The molecule has 1 saturated heterocycles. The van der Waals surface area contributed by atoms with Crippen molar-refractivity contribution in [3.63, 3.8) is 0 Å². The van der Waals surface area contributed by atoms with Gasteiger partial charge >= 0.3 is 6.03 Å². The van der Waals surface area contributed by atoms with E-state index in [0.717, 1.165) is 17.0 Å². The van der Waals surface area contributed by atoms with Crippen LogP contribution in [0.25, 0.3) is 0 Å². The third-order valence-corrected chi connectivity index (χ3v) is 7.37. The van der Waals surface area contributed by atoms with E-state index < -0.39 is 0 Å². The Labute approximate surface area is 207 Å². The summed E-state index contributed by atoms with van der Waals surface area (Å²) in [6.45, 7) is 10.7. The summed E-state index contributed by atoms with van der Waals surface area (Å²) in [5, 5.41) is 7.96. The van der Waals surface area contributed by atoms with Crippen molar-refractivity contribution in [2.24, 2.45) is 7.05 Å². The molecule has 1 N–H and O–H groups in total. The number of thioether (sulfide) groups is 1. The van der Waals surface area contributed by atoms with Gasteiger partial charge in [0.1, 0.15) is 0 Å². The van der Waals surface area contributed by atoms with Crippen LogP contribution in [0.15, 0.2) is 65.7 Å². The van der Waals surface area contributed by atoms with Crippen LogP contribution < -0.4 is 5.32 Å². The number of urea groups is 1. The largest absolute Gasteiger partial charge is 0.334 e. The average molecular weight is 477 g/mol. The lowest BCUT2D eigenvalue weighted by atomic mass is 9.79.